The number of benzene rings is 1. The fourth-order valence-corrected chi connectivity index (χ4v) is 4.65. The molecule has 0 radical (unpaired) electrons. The second kappa shape index (κ2) is 7.11. The van der Waals surface area contributed by atoms with E-state index in [1.54, 1.807) is 24.3 Å². The van der Waals surface area contributed by atoms with Crippen molar-refractivity contribution < 1.29 is 13.2 Å². The van der Waals surface area contributed by atoms with Crippen LogP contribution in [0.25, 0.3) is 0 Å². The lowest BCUT2D eigenvalue weighted by Crippen LogP contribution is -2.39. The van der Waals surface area contributed by atoms with Gasteiger partial charge in [0.15, 0.2) is 0 Å². The van der Waals surface area contributed by atoms with E-state index in [1.807, 2.05) is 11.8 Å². The van der Waals surface area contributed by atoms with Crippen molar-refractivity contribution >= 4 is 21.6 Å². The Hall–Kier alpha value is -1.60. The van der Waals surface area contributed by atoms with Crippen LogP contribution in [-0.4, -0.2) is 50.2 Å². The molecule has 132 valence electrons. The number of anilines is 1. The molecule has 2 aliphatic heterocycles. The van der Waals surface area contributed by atoms with Gasteiger partial charge >= 0.3 is 0 Å². The maximum absolute atomic E-state index is 12.8. The van der Waals surface area contributed by atoms with Crippen LogP contribution in [0, 0.1) is 0 Å². The van der Waals surface area contributed by atoms with Gasteiger partial charge in [0.25, 0.3) is 5.91 Å². The minimum Gasteiger partial charge on any atom is -0.337 e. The summed E-state index contributed by atoms with van der Waals surface area (Å²) in [5.74, 6) is 0.0485. The molecule has 1 amide bonds. The van der Waals surface area contributed by atoms with Crippen LogP contribution in [-0.2, 0) is 10.0 Å². The van der Waals surface area contributed by atoms with Crippen LogP contribution in [0.15, 0.2) is 24.3 Å². The number of amides is 1. The molecule has 0 aromatic heterocycles. The van der Waals surface area contributed by atoms with E-state index in [2.05, 4.69) is 10.0 Å². The van der Waals surface area contributed by atoms with Gasteiger partial charge in [-0.15, -0.1) is 0 Å². The van der Waals surface area contributed by atoms with Crippen molar-refractivity contribution in [3.8, 4) is 0 Å². The van der Waals surface area contributed by atoms with E-state index >= 15 is 0 Å². The van der Waals surface area contributed by atoms with Gasteiger partial charge in [0, 0.05) is 36.4 Å². The van der Waals surface area contributed by atoms with Crippen molar-refractivity contribution in [3.63, 3.8) is 0 Å². The molecule has 2 heterocycles. The van der Waals surface area contributed by atoms with Gasteiger partial charge in [-0.05, 0) is 43.9 Å². The molecule has 3 rings (SSSR count). The highest BCUT2D eigenvalue weighted by Crippen LogP contribution is 2.22. The van der Waals surface area contributed by atoms with Crippen molar-refractivity contribution in [1.82, 2.24) is 10.2 Å². The summed E-state index contributed by atoms with van der Waals surface area (Å²) in [6, 6.07) is 7.69. The van der Waals surface area contributed by atoms with Crippen LogP contribution in [0.4, 0.5) is 5.69 Å². The molecule has 7 heteroatoms. The second-order valence-corrected chi connectivity index (χ2v) is 8.52. The molecule has 2 fully saturated rings. The third kappa shape index (κ3) is 4.08. The minimum atomic E-state index is -3.35. The van der Waals surface area contributed by atoms with E-state index in [0.717, 1.165) is 25.9 Å². The third-order valence-electron chi connectivity index (χ3n) is 4.67. The molecule has 2 bridgehead atoms. The van der Waals surface area contributed by atoms with Crippen molar-refractivity contribution in [3.05, 3.63) is 29.8 Å². The largest absolute Gasteiger partial charge is 0.337 e. The zero-order chi connectivity index (χ0) is 17.2. The Bertz CT molecular complexity index is 705. The fourth-order valence-electron chi connectivity index (χ4n) is 3.53. The zero-order valence-corrected chi connectivity index (χ0v) is 14.8. The van der Waals surface area contributed by atoms with Crippen molar-refractivity contribution in [2.24, 2.45) is 0 Å². The van der Waals surface area contributed by atoms with Gasteiger partial charge in [-0.1, -0.05) is 13.0 Å². The third-order valence-corrected chi connectivity index (χ3v) is 6.16. The smallest absolute Gasteiger partial charge is 0.253 e. The van der Waals surface area contributed by atoms with Crippen molar-refractivity contribution in [1.29, 1.82) is 0 Å². The molecule has 2 saturated heterocycles. The maximum Gasteiger partial charge on any atom is 0.253 e. The molecule has 1 aromatic carbocycles. The molecule has 2 atom stereocenters. The molecule has 2 N–H and O–H groups in total. The first-order chi connectivity index (χ1) is 11.5. The molecule has 1 aromatic rings. The topological polar surface area (TPSA) is 78.5 Å². The van der Waals surface area contributed by atoms with Crippen molar-refractivity contribution in [2.45, 2.75) is 44.7 Å². The van der Waals surface area contributed by atoms with Gasteiger partial charge in [0.1, 0.15) is 0 Å². The fraction of sp³-hybridized carbons (Fsp3) is 0.588. The first-order valence-corrected chi connectivity index (χ1v) is 10.3. The van der Waals surface area contributed by atoms with Gasteiger partial charge in [-0.3, -0.25) is 9.52 Å². The molecule has 0 spiro atoms. The van der Waals surface area contributed by atoms with Crippen LogP contribution in [0.3, 0.4) is 0 Å². The molecule has 2 aliphatic rings. The van der Waals surface area contributed by atoms with Gasteiger partial charge in [0.05, 0.1) is 5.75 Å². The average molecular weight is 351 g/mol. The maximum atomic E-state index is 12.8. The summed E-state index contributed by atoms with van der Waals surface area (Å²) in [5, 5.41) is 3.56. The monoisotopic (exact) mass is 351 g/mol. The predicted molar refractivity (Wildman–Crippen MR) is 94.6 cm³/mol. The number of carbonyl (C=O) groups excluding carboxylic acids is 1. The number of rotatable bonds is 5. The molecule has 0 saturated carbocycles. The highest BCUT2D eigenvalue weighted by molar-refractivity contribution is 7.92. The van der Waals surface area contributed by atoms with Crippen LogP contribution in [0.5, 0.6) is 0 Å². The highest BCUT2D eigenvalue weighted by Gasteiger charge is 2.31. The van der Waals surface area contributed by atoms with E-state index in [-0.39, 0.29) is 11.7 Å². The Balaban J connectivity index is 1.72. The molecule has 6 nitrogen and oxygen atoms in total. The number of nitrogens with one attached hydrogen (secondary N) is 2. The normalized spacial score (nSPS) is 23.8. The summed E-state index contributed by atoms with van der Waals surface area (Å²) < 4.78 is 26.3. The molecular formula is C17H25N3O3S. The van der Waals surface area contributed by atoms with E-state index in [4.69, 9.17) is 0 Å². The van der Waals surface area contributed by atoms with E-state index in [9.17, 15) is 13.2 Å². The first kappa shape index (κ1) is 17.2. The zero-order valence-electron chi connectivity index (χ0n) is 14.0. The Labute approximate surface area is 143 Å². The Kier molecular flexibility index (Phi) is 5.10. The van der Waals surface area contributed by atoms with Gasteiger partial charge in [-0.2, -0.15) is 0 Å². The summed E-state index contributed by atoms with van der Waals surface area (Å²) in [4.78, 5) is 14.7. The lowest BCUT2D eigenvalue weighted by molar-refractivity contribution is 0.0748. The van der Waals surface area contributed by atoms with E-state index < -0.39 is 10.0 Å². The predicted octanol–water partition coefficient (Wildman–Crippen LogP) is 1.80. The number of hydrogen-bond acceptors (Lipinski definition) is 4. The van der Waals surface area contributed by atoms with E-state index in [1.165, 1.54) is 6.42 Å². The number of nitrogens with zero attached hydrogens (tertiary/aromatic N) is 1. The Morgan fingerprint density at radius 3 is 2.88 bits per heavy atom. The Morgan fingerprint density at radius 1 is 1.29 bits per heavy atom. The van der Waals surface area contributed by atoms with Crippen molar-refractivity contribution in [2.75, 3.05) is 23.6 Å². The molecule has 24 heavy (non-hydrogen) atoms. The first-order valence-electron chi connectivity index (χ1n) is 8.63. The van der Waals surface area contributed by atoms with Gasteiger partial charge in [0.2, 0.25) is 10.0 Å². The molecule has 0 aliphatic carbocycles. The molecular weight excluding hydrogens is 326 g/mol. The highest BCUT2D eigenvalue weighted by atomic mass is 32.2. The number of sulfonamides is 1. The van der Waals surface area contributed by atoms with E-state index in [0.29, 0.717) is 29.8 Å². The summed E-state index contributed by atoms with van der Waals surface area (Å²) in [6.45, 7) is 3.29. The van der Waals surface area contributed by atoms with Gasteiger partial charge in [-0.25, -0.2) is 8.42 Å². The van der Waals surface area contributed by atoms with Crippen LogP contribution >= 0.6 is 0 Å². The lowest BCUT2D eigenvalue weighted by Gasteiger charge is -2.24. The summed E-state index contributed by atoms with van der Waals surface area (Å²) in [5.41, 5.74) is 0.980. The van der Waals surface area contributed by atoms with Crippen LogP contribution in [0.1, 0.15) is 43.0 Å². The minimum absolute atomic E-state index is 0.0270. The Morgan fingerprint density at radius 2 is 2.08 bits per heavy atom. The summed E-state index contributed by atoms with van der Waals surface area (Å²) >= 11 is 0. The second-order valence-electron chi connectivity index (χ2n) is 6.68. The number of carbonyl (C=O) groups is 1. The van der Waals surface area contributed by atoms with Crippen LogP contribution in [0.2, 0.25) is 0 Å². The molecule has 2 unspecified atom stereocenters. The number of fused-ring (bicyclic) bond motifs is 2. The lowest BCUT2D eigenvalue weighted by atomic mass is 10.1. The van der Waals surface area contributed by atoms with Crippen LogP contribution < -0.4 is 10.0 Å². The SMILES string of the molecule is CCCS(=O)(=O)Nc1cccc(C(=O)N2CCC3CCC(C2)N3)c1. The quantitative estimate of drug-likeness (QED) is 0.848. The standard InChI is InChI=1S/C17H25N3O3S/c1-2-10-24(22,23)19-15-5-3-4-13(11-15)17(21)20-9-8-14-6-7-16(12-20)18-14/h3-5,11,14,16,18-19H,2,6-10,12H2,1H3. The number of likely N-dealkylation sites (tertiary alicyclic amines) is 1. The summed E-state index contributed by atoms with van der Waals surface area (Å²) in [6.07, 6.45) is 3.84. The number of hydrogen-bond donors (Lipinski definition) is 2. The van der Waals surface area contributed by atoms with Gasteiger partial charge < -0.3 is 10.2 Å². The average Bonchev–Trinajstić information content (AvgIpc) is 2.85. The summed E-state index contributed by atoms with van der Waals surface area (Å²) in [7, 11) is -3.35.